The van der Waals surface area contributed by atoms with E-state index in [4.69, 9.17) is 11.6 Å². The molecule has 1 saturated carbocycles. The van der Waals surface area contributed by atoms with Gasteiger partial charge in [-0.3, -0.25) is 5.84 Å². The maximum atomic E-state index is 6.17. The number of rotatable bonds is 9. The first-order valence-electron chi connectivity index (χ1n) is 9.24. The van der Waals surface area contributed by atoms with E-state index >= 15 is 0 Å². The molecule has 0 atom stereocenters. The van der Waals surface area contributed by atoms with Gasteiger partial charge in [0.25, 0.3) is 0 Å². The van der Waals surface area contributed by atoms with E-state index in [9.17, 15) is 0 Å². The number of nitrogens with zero attached hydrogens (tertiary/aromatic N) is 3. The highest BCUT2D eigenvalue weighted by molar-refractivity contribution is 5.97. The number of allylic oxidation sites excluding steroid dienone is 2. The number of aliphatic imine (C=N–C) groups is 1. The van der Waals surface area contributed by atoms with Crippen LogP contribution in [0.3, 0.4) is 0 Å². The SMILES string of the molecule is C=C(/C=C(\NN)C1CC1)N=C(N)C(=CNC(=C)N1CCN(C)CC1)CC. The van der Waals surface area contributed by atoms with Crippen molar-refractivity contribution in [3.05, 3.63) is 48.2 Å². The van der Waals surface area contributed by atoms with Crippen LogP contribution >= 0.6 is 0 Å². The highest BCUT2D eigenvalue weighted by Crippen LogP contribution is 2.35. The molecule has 0 aromatic carbocycles. The molecule has 1 aliphatic carbocycles. The van der Waals surface area contributed by atoms with Crippen LogP contribution in [0, 0.1) is 5.92 Å². The van der Waals surface area contributed by atoms with Gasteiger partial charge >= 0.3 is 0 Å². The lowest BCUT2D eigenvalue weighted by molar-refractivity contribution is 0.181. The summed E-state index contributed by atoms with van der Waals surface area (Å²) in [6, 6.07) is 0. The summed E-state index contributed by atoms with van der Waals surface area (Å²) in [6.45, 7) is 14.2. The summed E-state index contributed by atoms with van der Waals surface area (Å²) in [5.41, 5.74) is 11.4. The minimum atomic E-state index is 0.458. The van der Waals surface area contributed by atoms with Crippen LogP contribution in [-0.2, 0) is 0 Å². The molecule has 0 aromatic rings. The summed E-state index contributed by atoms with van der Waals surface area (Å²) in [5.74, 6) is 7.41. The van der Waals surface area contributed by atoms with Gasteiger partial charge in [-0.2, -0.15) is 0 Å². The zero-order valence-electron chi connectivity index (χ0n) is 16.1. The first kappa shape index (κ1) is 20.1. The van der Waals surface area contributed by atoms with Gasteiger partial charge in [0, 0.05) is 49.6 Å². The monoisotopic (exact) mass is 359 g/mol. The van der Waals surface area contributed by atoms with Gasteiger partial charge in [-0.25, -0.2) is 4.99 Å². The van der Waals surface area contributed by atoms with Gasteiger partial charge in [0.1, 0.15) is 5.84 Å². The number of hydrazine groups is 1. The van der Waals surface area contributed by atoms with Crippen molar-refractivity contribution in [3.8, 4) is 0 Å². The zero-order chi connectivity index (χ0) is 19.1. The number of nitrogens with one attached hydrogen (secondary N) is 2. The molecule has 0 aromatic heterocycles. The molecule has 1 heterocycles. The molecule has 0 radical (unpaired) electrons. The van der Waals surface area contributed by atoms with Gasteiger partial charge in [-0.1, -0.05) is 20.1 Å². The predicted molar refractivity (Wildman–Crippen MR) is 109 cm³/mol. The van der Waals surface area contributed by atoms with E-state index in [1.165, 1.54) is 0 Å². The van der Waals surface area contributed by atoms with Crippen LogP contribution in [0.4, 0.5) is 0 Å². The highest BCUT2D eigenvalue weighted by atomic mass is 15.3. The largest absolute Gasteiger partial charge is 0.383 e. The molecule has 2 rings (SSSR count). The van der Waals surface area contributed by atoms with Crippen molar-refractivity contribution in [2.45, 2.75) is 26.2 Å². The molecule has 144 valence electrons. The fourth-order valence-corrected chi connectivity index (χ4v) is 2.81. The van der Waals surface area contributed by atoms with E-state index in [0.29, 0.717) is 17.5 Å². The molecule has 7 heteroatoms. The van der Waals surface area contributed by atoms with E-state index < -0.39 is 0 Å². The smallest absolute Gasteiger partial charge is 0.128 e. The first-order chi connectivity index (χ1) is 12.4. The van der Waals surface area contributed by atoms with Crippen molar-refractivity contribution in [3.63, 3.8) is 0 Å². The van der Waals surface area contributed by atoms with Gasteiger partial charge in [-0.15, -0.1) is 0 Å². The van der Waals surface area contributed by atoms with E-state index in [2.05, 4.69) is 45.7 Å². The number of nitrogens with two attached hydrogens (primary N) is 2. The Balaban J connectivity index is 1.95. The maximum Gasteiger partial charge on any atom is 0.128 e. The first-order valence-corrected chi connectivity index (χ1v) is 9.24. The Morgan fingerprint density at radius 1 is 1.23 bits per heavy atom. The van der Waals surface area contributed by atoms with E-state index in [0.717, 1.165) is 62.5 Å². The molecule has 0 amide bonds. The molecule has 0 bridgehead atoms. The van der Waals surface area contributed by atoms with Gasteiger partial charge in [0.2, 0.25) is 0 Å². The Hall–Kier alpha value is -2.25. The van der Waals surface area contributed by atoms with Gasteiger partial charge in [0.15, 0.2) is 0 Å². The Morgan fingerprint density at radius 3 is 2.42 bits per heavy atom. The second-order valence-electron chi connectivity index (χ2n) is 6.91. The van der Waals surface area contributed by atoms with Crippen molar-refractivity contribution < 1.29 is 0 Å². The number of likely N-dealkylation sites (N-methyl/N-ethyl adjacent to an activating group) is 1. The van der Waals surface area contributed by atoms with Crippen molar-refractivity contribution in [2.75, 3.05) is 33.2 Å². The molecule has 7 nitrogen and oxygen atoms in total. The molecule has 6 N–H and O–H groups in total. The number of hydrogen-bond donors (Lipinski definition) is 4. The molecular formula is C19H33N7. The zero-order valence-corrected chi connectivity index (χ0v) is 16.1. The van der Waals surface area contributed by atoms with Crippen LogP contribution in [-0.4, -0.2) is 48.9 Å². The van der Waals surface area contributed by atoms with Crippen LogP contribution in [0.2, 0.25) is 0 Å². The Labute approximate surface area is 157 Å². The minimum Gasteiger partial charge on any atom is -0.383 e. The third-order valence-electron chi connectivity index (χ3n) is 4.78. The van der Waals surface area contributed by atoms with Gasteiger partial charge in [-0.05, 0) is 32.4 Å². The van der Waals surface area contributed by atoms with E-state index in [-0.39, 0.29) is 0 Å². The van der Waals surface area contributed by atoms with Crippen LogP contribution in [0.15, 0.2) is 53.2 Å². The summed E-state index contributed by atoms with van der Waals surface area (Å²) in [6.07, 6.45) is 6.83. The Bertz CT molecular complexity index is 605. The van der Waals surface area contributed by atoms with Crippen LogP contribution in [0.25, 0.3) is 0 Å². The third kappa shape index (κ3) is 5.93. The quantitative estimate of drug-likeness (QED) is 0.163. The molecule has 2 fully saturated rings. The number of piperazine rings is 1. The van der Waals surface area contributed by atoms with E-state index in [1.54, 1.807) is 0 Å². The fourth-order valence-electron chi connectivity index (χ4n) is 2.81. The van der Waals surface area contributed by atoms with Crippen LogP contribution < -0.4 is 22.3 Å². The van der Waals surface area contributed by atoms with Gasteiger partial charge in [0.05, 0.1) is 11.5 Å². The molecule has 0 spiro atoms. The highest BCUT2D eigenvalue weighted by Gasteiger charge is 2.25. The minimum absolute atomic E-state index is 0.458. The molecule has 1 aliphatic heterocycles. The number of hydrogen-bond acceptors (Lipinski definition) is 6. The Morgan fingerprint density at radius 2 is 1.88 bits per heavy atom. The molecule has 0 unspecified atom stereocenters. The second kappa shape index (κ2) is 9.45. The lowest BCUT2D eigenvalue weighted by Crippen LogP contribution is -2.45. The topological polar surface area (TPSA) is 94.9 Å². The lowest BCUT2D eigenvalue weighted by atomic mass is 10.2. The summed E-state index contributed by atoms with van der Waals surface area (Å²) >= 11 is 0. The predicted octanol–water partition coefficient (Wildman–Crippen LogP) is 1.22. The third-order valence-corrected chi connectivity index (χ3v) is 4.78. The van der Waals surface area contributed by atoms with Gasteiger partial charge < -0.3 is 26.3 Å². The van der Waals surface area contributed by atoms with Crippen molar-refractivity contribution >= 4 is 5.84 Å². The maximum absolute atomic E-state index is 6.17. The molecule has 2 aliphatic rings. The summed E-state index contributed by atoms with van der Waals surface area (Å²) in [7, 11) is 2.13. The Kier molecular flexibility index (Phi) is 7.29. The average Bonchev–Trinajstić information content (AvgIpc) is 3.45. The van der Waals surface area contributed by atoms with Crippen molar-refractivity contribution in [1.29, 1.82) is 0 Å². The summed E-state index contributed by atoms with van der Waals surface area (Å²) in [4.78, 5) is 8.97. The fraction of sp³-hybridized carbons (Fsp3) is 0.526. The normalized spacial score (nSPS) is 20.1. The molecule has 26 heavy (non-hydrogen) atoms. The van der Waals surface area contributed by atoms with E-state index in [1.807, 2.05) is 19.2 Å². The summed E-state index contributed by atoms with van der Waals surface area (Å²) < 4.78 is 0. The standard InChI is InChI=1S/C19H33N7/c1-5-16(13-22-15(3)26-10-8-25(4)9-11-26)19(20)23-14(2)12-18(24-21)17-6-7-17/h12-13,17,22,24H,2-3,5-11,21H2,1,4H3,(H2,20,23)/b16-13?,18-12-. The molecular weight excluding hydrogens is 326 g/mol. The molecule has 1 saturated heterocycles. The van der Waals surface area contributed by atoms with Crippen LogP contribution in [0.5, 0.6) is 0 Å². The van der Waals surface area contributed by atoms with Crippen LogP contribution in [0.1, 0.15) is 26.2 Å². The summed E-state index contributed by atoms with van der Waals surface area (Å²) in [5, 5.41) is 3.27. The average molecular weight is 360 g/mol. The lowest BCUT2D eigenvalue weighted by Gasteiger charge is -2.34. The number of amidine groups is 1. The van der Waals surface area contributed by atoms with Crippen molar-refractivity contribution in [1.82, 2.24) is 20.5 Å². The van der Waals surface area contributed by atoms with Crippen molar-refractivity contribution in [2.24, 2.45) is 22.5 Å². The second-order valence-corrected chi connectivity index (χ2v) is 6.91.